The first-order chi connectivity index (χ1) is 12.2. The van der Waals surface area contributed by atoms with Crippen LogP contribution in [0.15, 0.2) is 41.8 Å². The zero-order chi connectivity index (χ0) is 17.6. The summed E-state index contributed by atoms with van der Waals surface area (Å²) in [5.41, 5.74) is 6.59. The number of hydrogen-bond acceptors (Lipinski definition) is 8. The largest absolute Gasteiger partial charge is 0.495 e. The molecule has 0 spiro atoms. The van der Waals surface area contributed by atoms with Gasteiger partial charge in [0, 0.05) is 18.9 Å². The van der Waals surface area contributed by atoms with E-state index in [0.717, 1.165) is 17.4 Å². The van der Waals surface area contributed by atoms with Gasteiger partial charge in [0.1, 0.15) is 11.6 Å². The number of anilines is 3. The fourth-order valence-electron chi connectivity index (χ4n) is 2.23. The first-order valence-corrected chi connectivity index (χ1v) is 8.72. The molecular formula is C16H19N7OS. The molecule has 3 aromatic rings. The van der Waals surface area contributed by atoms with Crippen LogP contribution in [0.5, 0.6) is 5.75 Å². The quantitative estimate of drug-likeness (QED) is 0.622. The minimum Gasteiger partial charge on any atom is -0.495 e. The van der Waals surface area contributed by atoms with Crippen molar-refractivity contribution in [2.45, 2.75) is 24.4 Å². The van der Waals surface area contributed by atoms with Crippen LogP contribution in [0.4, 0.5) is 17.6 Å². The number of benzene rings is 1. The lowest BCUT2D eigenvalue weighted by Gasteiger charge is -2.10. The molecule has 1 aromatic carbocycles. The molecule has 0 amide bonds. The molecule has 0 unspecified atom stereocenters. The van der Waals surface area contributed by atoms with Gasteiger partial charge in [-0.2, -0.15) is 15.0 Å². The number of ether oxygens (including phenoxy) is 1. The monoisotopic (exact) mass is 357 g/mol. The topological polar surface area (TPSA) is 104 Å². The van der Waals surface area contributed by atoms with E-state index in [-0.39, 0.29) is 5.95 Å². The van der Waals surface area contributed by atoms with Crippen molar-refractivity contribution in [3.05, 3.63) is 42.5 Å². The average Bonchev–Trinajstić information content (AvgIpc) is 3.07. The van der Waals surface area contributed by atoms with Gasteiger partial charge >= 0.3 is 0 Å². The number of para-hydroxylation sites is 2. The molecule has 3 N–H and O–H groups in total. The second-order valence-corrected chi connectivity index (χ2v) is 5.99. The van der Waals surface area contributed by atoms with Gasteiger partial charge in [-0.3, -0.25) is 0 Å². The highest BCUT2D eigenvalue weighted by molar-refractivity contribution is 7.98. The zero-order valence-corrected chi connectivity index (χ0v) is 14.8. The van der Waals surface area contributed by atoms with Gasteiger partial charge in [-0.25, -0.2) is 4.98 Å². The zero-order valence-electron chi connectivity index (χ0n) is 14.0. The predicted octanol–water partition coefficient (Wildman–Crippen LogP) is 2.71. The molecule has 3 rings (SSSR count). The van der Waals surface area contributed by atoms with Crippen LogP contribution >= 0.6 is 11.8 Å². The summed E-state index contributed by atoms with van der Waals surface area (Å²) in [5, 5.41) is 4.04. The molecule has 9 heteroatoms. The molecule has 0 radical (unpaired) electrons. The lowest BCUT2D eigenvalue weighted by molar-refractivity contribution is 0.417. The molecule has 2 aromatic heterocycles. The van der Waals surface area contributed by atoms with Crippen molar-refractivity contribution in [2.24, 2.45) is 0 Å². The van der Waals surface area contributed by atoms with Crippen LogP contribution in [0, 0.1) is 0 Å². The Morgan fingerprint density at radius 2 is 2.08 bits per heavy atom. The third kappa shape index (κ3) is 4.18. The maximum Gasteiger partial charge on any atom is 0.232 e. The van der Waals surface area contributed by atoms with Crippen LogP contribution in [0.25, 0.3) is 0 Å². The SMILES string of the molecule is CCn1ccnc1SCc1nc(N)nc(Nc2ccccc2OC)n1. The van der Waals surface area contributed by atoms with Crippen molar-refractivity contribution in [1.29, 1.82) is 0 Å². The van der Waals surface area contributed by atoms with E-state index in [1.807, 2.05) is 30.5 Å². The Labute approximate surface area is 149 Å². The van der Waals surface area contributed by atoms with Crippen molar-refractivity contribution in [2.75, 3.05) is 18.2 Å². The maximum atomic E-state index is 5.83. The second kappa shape index (κ2) is 7.84. The van der Waals surface area contributed by atoms with Gasteiger partial charge < -0.3 is 20.4 Å². The van der Waals surface area contributed by atoms with Crippen LogP contribution in [0.1, 0.15) is 12.7 Å². The van der Waals surface area contributed by atoms with Gasteiger partial charge in [-0.15, -0.1) is 0 Å². The van der Waals surface area contributed by atoms with Gasteiger partial charge in [-0.05, 0) is 19.1 Å². The van der Waals surface area contributed by atoms with E-state index in [1.165, 1.54) is 0 Å². The summed E-state index contributed by atoms with van der Waals surface area (Å²) < 4.78 is 7.38. The number of methoxy groups -OCH3 is 1. The van der Waals surface area contributed by atoms with Crippen LogP contribution in [0.2, 0.25) is 0 Å². The maximum absolute atomic E-state index is 5.83. The third-order valence-corrected chi connectivity index (χ3v) is 4.40. The molecule has 25 heavy (non-hydrogen) atoms. The lowest BCUT2D eigenvalue weighted by atomic mass is 10.3. The Morgan fingerprint density at radius 3 is 2.88 bits per heavy atom. The summed E-state index contributed by atoms with van der Waals surface area (Å²) in [6.45, 7) is 2.93. The van der Waals surface area contributed by atoms with E-state index in [1.54, 1.807) is 25.1 Å². The Balaban J connectivity index is 1.76. The highest BCUT2D eigenvalue weighted by atomic mass is 32.2. The molecule has 130 valence electrons. The summed E-state index contributed by atoms with van der Waals surface area (Å²) in [5.74, 6) is 2.38. The Bertz CT molecular complexity index is 852. The van der Waals surface area contributed by atoms with E-state index in [4.69, 9.17) is 10.5 Å². The molecule has 0 saturated carbocycles. The van der Waals surface area contributed by atoms with E-state index in [9.17, 15) is 0 Å². The Morgan fingerprint density at radius 1 is 1.24 bits per heavy atom. The molecule has 0 aliphatic carbocycles. The fraction of sp³-hybridized carbons (Fsp3) is 0.250. The number of aromatic nitrogens is 5. The number of nitrogens with one attached hydrogen (secondary N) is 1. The lowest BCUT2D eigenvalue weighted by Crippen LogP contribution is -2.07. The van der Waals surface area contributed by atoms with Crippen molar-refractivity contribution in [1.82, 2.24) is 24.5 Å². The molecule has 0 aliphatic rings. The molecular weight excluding hydrogens is 338 g/mol. The highest BCUT2D eigenvalue weighted by Crippen LogP contribution is 2.26. The first kappa shape index (κ1) is 17.0. The number of aryl methyl sites for hydroxylation is 1. The fourth-order valence-corrected chi connectivity index (χ4v) is 3.11. The molecule has 0 saturated heterocycles. The van der Waals surface area contributed by atoms with Crippen LogP contribution < -0.4 is 15.8 Å². The van der Waals surface area contributed by atoms with Crippen molar-refractivity contribution >= 4 is 29.3 Å². The van der Waals surface area contributed by atoms with E-state index < -0.39 is 0 Å². The Hall–Kier alpha value is -2.81. The highest BCUT2D eigenvalue weighted by Gasteiger charge is 2.10. The number of nitrogen functional groups attached to an aromatic ring is 1. The molecule has 0 atom stereocenters. The number of hydrogen-bond donors (Lipinski definition) is 2. The van der Waals surface area contributed by atoms with Gasteiger partial charge in [0.25, 0.3) is 0 Å². The molecule has 0 bridgehead atoms. The van der Waals surface area contributed by atoms with E-state index in [2.05, 4.69) is 36.7 Å². The van der Waals surface area contributed by atoms with Crippen molar-refractivity contribution in [3.63, 3.8) is 0 Å². The number of nitrogens with zero attached hydrogens (tertiary/aromatic N) is 5. The number of thioether (sulfide) groups is 1. The molecule has 2 heterocycles. The van der Waals surface area contributed by atoms with Crippen LogP contribution in [-0.2, 0) is 12.3 Å². The number of nitrogens with two attached hydrogens (primary N) is 1. The van der Waals surface area contributed by atoms with Crippen LogP contribution in [0.3, 0.4) is 0 Å². The number of imidazole rings is 1. The van der Waals surface area contributed by atoms with Crippen molar-refractivity contribution in [3.8, 4) is 5.75 Å². The van der Waals surface area contributed by atoms with Crippen molar-refractivity contribution < 1.29 is 4.74 Å². The van der Waals surface area contributed by atoms with Crippen LogP contribution in [-0.4, -0.2) is 31.6 Å². The summed E-state index contributed by atoms with van der Waals surface area (Å²) in [6.07, 6.45) is 3.72. The molecule has 8 nitrogen and oxygen atoms in total. The number of rotatable bonds is 7. The molecule has 0 fully saturated rings. The summed E-state index contributed by atoms with van der Waals surface area (Å²) in [4.78, 5) is 17.1. The second-order valence-electron chi connectivity index (χ2n) is 5.04. The smallest absolute Gasteiger partial charge is 0.232 e. The predicted molar refractivity (Wildman–Crippen MR) is 98.0 cm³/mol. The summed E-state index contributed by atoms with van der Waals surface area (Å²) in [6, 6.07) is 7.53. The Kier molecular flexibility index (Phi) is 5.34. The van der Waals surface area contributed by atoms with Gasteiger partial charge in [0.15, 0.2) is 5.16 Å². The summed E-state index contributed by atoms with van der Waals surface area (Å²) in [7, 11) is 1.61. The summed E-state index contributed by atoms with van der Waals surface area (Å²) >= 11 is 1.55. The minimum absolute atomic E-state index is 0.168. The van der Waals surface area contributed by atoms with Gasteiger partial charge in [0.2, 0.25) is 11.9 Å². The third-order valence-electron chi connectivity index (χ3n) is 3.40. The first-order valence-electron chi connectivity index (χ1n) is 7.74. The van der Waals surface area contributed by atoms with E-state index >= 15 is 0 Å². The molecule has 0 aliphatic heterocycles. The van der Waals surface area contributed by atoms with Gasteiger partial charge in [-0.1, -0.05) is 23.9 Å². The standard InChI is InChI=1S/C16H19N7OS/c1-3-23-9-8-18-16(23)25-10-13-20-14(17)22-15(21-13)19-11-6-4-5-7-12(11)24-2/h4-9H,3,10H2,1-2H3,(H3,17,19,20,21,22). The minimum atomic E-state index is 0.168. The van der Waals surface area contributed by atoms with Gasteiger partial charge in [0.05, 0.1) is 18.6 Å². The normalized spacial score (nSPS) is 10.6. The van der Waals surface area contributed by atoms with E-state index in [0.29, 0.717) is 23.3 Å². The average molecular weight is 357 g/mol.